The number of aliphatic hydroxyl groups excluding tert-OH is 1. The summed E-state index contributed by atoms with van der Waals surface area (Å²) in [7, 11) is 1.70. The first kappa shape index (κ1) is 10.2. The largest absolute Gasteiger partial charge is 0.389 e. The Kier molecular flexibility index (Phi) is 3.08. The average Bonchev–Trinajstić information content (AvgIpc) is 2.34. The number of urea groups is 1. The van der Waals surface area contributed by atoms with Crippen LogP contribution >= 0.6 is 0 Å². The van der Waals surface area contributed by atoms with Gasteiger partial charge in [0.05, 0.1) is 12.6 Å². The van der Waals surface area contributed by atoms with E-state index in [0.29, 0.717) is 6.54 Å². The zero-order valence-electron chi connectivity index (χ0n) is 7.90. The van der Waals surface area contributed by atoms with Crippen molar-refractivity contribution >= 4 is 6.03 Å². The van der Waals surface area contributed by atoms with Crippen LogP contribution in [-0.2, 0) is 0 Å². The van der Waals surface area contributed by atoms with Gasteiger partial charge in [-0.05, 0) is 6.92 Å². The van der Waals surface area contributed by atoms with E-state index in [1.165, 1.54) is 4.90 Å². The highest BCUT2D eigenvalue weighted by atomic mass is 19.1. The van der Waals surface area contributed by atoms with E-state index in [1.807, 2.05) is 6.92 Å². The van der Waals surface area contributed by atoms with Gasteiger partial charge in [0.25, 0.3) is 0 Å². The molecule has 0 aromatic rings. The molecule has 1 heterocycles. The molecule has 0 aromatic carbocycles. The van der Waals surface area contributed by atoms with E-state index in [0.717, 1.165) is 0 Å². The molecule has 1 aliphatic rings. The molecule has 1 N–H and O–H groups in total. The van der Waals surface area contributed by atoms with E-state index in [1.54, 1.807) is 11.9 Å². The van der Waals surface area contributed by atoms with Gasteiger partial charge in [-0.1, -0.05) is 0 Å². The van der Waals surface area contributed by atoms with E-state index in [9.17, 15) is 9.18 Å². The van der Waals surface area contributed by atoms with E-state index in [4.69, 9.17) is 5.11 Å². The molecule has 1 rings (SSSR count). The fourth-order valence-corrected chi connectivity index (χ4v) is 1.39. The first-order valence-electron chi connectivity index (χ1n) is 4.32. The summed E-state index contributed by atoms with van der Waals surface area (Å²) in [6.07, 6.45) is -1.05. The third kappa shape index (κ3) is 2.09. The molecular formula is C8H15FN2O2. The topological polar surface area (TPSA) is 43.8 Å². The molecule has 0 bridgehead atoms. The summed E-state index contributed by atoms with van der Waals surface area (Å²) in [6.45, 7) is 1.76. The fourth-order valence-electron chi connectivity index (χ4n) is 1.39. The number of β-amino-alcohol motifs (C(OH)–C–C–N with tert-alkyl or cyclic N) is 1. The maximum absolute atomic E-state index is 12.0. The predicted octanol–water partition coefficient (Wildman–Crippen LogP) is 0.0727. The molecule has 0 saturated carbocycles. The van der Waals surface area contributed by atoms with Gasteiger partial charge in [-0.2, -0.15) is 0 Å². The minimum Gasteiger partial charge on any atom is -0.389 e. The van der Waals surface area contributed by atoms with Gasteiger partial charge in [-0.15, -0.1) is 0 Å². The quantitative estimate of drug-likeness (QED) is 0.684. The lowest BCUT2D eigenvalue weighted by molar-refractivity contribution is 0.105. The zero-order chi connectivity index (χ0) is 10.0. The minimum absolute atomic E-state index is 0.0873. The van der Waals surface area contributed by atoms with E-state index in [2.05, 4.69) is 0 Å². The van der Waals surface area contributed by atoms with Crippen molar-refractivity contribution in [3.63, 3.8) is 0 Å². The summed E-state index contributed by atoms with van der Waals surface area (Å²) in [5, 5.41) is 9.02. The zero-order valence-corrected chi connectivity index (χ0v) is 7.90. The molecule has 1 saturated heterocycles. The van der Waals surface area contributed by atoms with E-state index in [-0.39, 0.29) is 18.6 Å². The number of nitrogens with zero attached hydrogens (tertiary/aromatic N) is 2. The third-order valence-corrected chi connectivity index (χ3v) is 2.33. The number of alkyl halides is 1. The van der Waals surface area contributed by atoms with Gasteiger partial charge in [-0.25, -0.2) is 9.18 Å². The lowest BCUT2D eigenvalue weighted by Crippen LogP contribution is -2.36. The van der Waals surface area contributed by atoms with E-state index >= 15 is 0 Å². The first-order valence-corrected chi connectivity index (χ1v) is 4.32. The number of hydrogen-bond acceptors (Lipinski definition) is 2. The van der Waals surface area contributed by atoms with Crippen molar-refractivity contribution in [3.05, 3.63) is 0 Å². The number of hydrogen-bond donors (Lipinski definition) is 1. The average molecular weight is 190 g/mol. The summed E-state index contributed by atoms with van der Waals surface area (Å²) in [6, 6.07) is -0.000638. The van der Waals surface area contributed by atoms with Crippen molar-refractivity contribution in [2.45, 2.75) is 19.1 Å². The normalized spacial score (nSPS) is 25.5. The van der Waals surface area contributed by atoms with Crippen molar-refractivity contribution in [3.8, 4) is 0 Å². The van der Waals surface area contributed by atoms with Crippen molar-refractivity contribution < 1.29 is 14.3 Å². The maximum atomic E-state index is 12.0. The van der Waals surface area contributed by atoms with Gasteiger partial charge >= 0.3 is 6.03 Å². The van der Waals surface area contributed by atoms with Crippen molar-refractivity contribution in [1.82, 2.24) is 9.80 Å². The van der Waals surface area contributed by atoms with Crippen molar-refractivity contribution in [1.29, 1.82) is 0 Å². The molecule has 5 heteroatoms. The molecule has 0 radical (unpaired) electrons. The molecule has 1 fully saturated rings. The third-order valence-electron chi connectivity index (χ3n) is 2.33. The summed E-state index contributed by atoms with van der Waals surface area (Å²) in [5.74, 6) is 0. The molecule has 4 nitrogen and oxygen atoms in total. The van der Waals surface area contributed by atoms with Crippen LogP contribution < -0.4 is 0 Å². The number of carbonyl (C=O) groups is 1. The van der Waals surface area contributed by atoms with Crippen LogP contribution in [0.1, 0.15) is 6.92 Å². The highest BCUT2D eigenvalue weighted by Gasteiger charge is 2.32. The SMILES string of the molecule is CC1CN(CC(O)CF)C(=O)N1C. The number of halogens is 1. The molecule has 0 spiro atoms. The highest BCUT2D eigenvalue weighted by Crippen LogP contribution is 2.13. The summed E-state index contributed by atoms with van der Waals surface area (Å²) < 4.78 is 12.0. The van der Waals surface area contributed by atoms with Crippen LogP contribution in [0, 0.1) is 0 Å². The predicted molar refractivity (Wildman–Crippen MR) is 46.2 cm³/mol. The second kappa shape index (κ2) is 3.91. The van der Waals surface area contributed by atoms with Crippen LogP contribution in [-0.4, -0.2) is 59.9 Å². The lowest BCUT2D eigenvalue weighted by atomic mass is 10.3. The van der Waals surface area contributed by atoms with Gasteiger partial charge in [0.2, 0.25) is 0 Å². The number of carbonyl (C=O) groups excluding carboxylic acids is 1. The Morgan fingerprint density at radius 1 is 1.77 bits per heavy atom. The van der Waals surface area contributed by atoms with Gasteiger partial charge in [0.15, 0.2) is 0 Å². The molecule has 2 atom stereocenters. The van der Waals surface area contributed by atoms with Gasteiger partial charge in [-0.3, -0.25) is 0 Å². The standard InChI is InChI=1S/C8H15FN2O2/c1-6-4-11(5-7(12)3-9)8(13)10(6)2/h6-7,12H,3-5H2,1-2H3. The van der Waals surface area contributed by atoms with Crippen LogP contribution in [0.4, 0.5) is 9.18 Å². The number of aliphatic hydroxyl groups is 1. The Morgan fingerprint density at radius 3 is 2.77 bits per heavy atom. The Balaban J connectivity index is 2.49. The maximum Gasteiger partial charge on any atom is 0.320 e. The summed E-state index contributed by atoms with van der Waals surface area (Å²) in [4.78, 5) is 14.4. The second-order valence-corrected chi connectivity index (χ2v) is 3.46. The molecular weight excluding hydrogens is 175 g/mol. The second-order valence-electron chi connectivity index (χ2n) is 3.46. The van der Waals surface area contributed by atoms with Gasteiger partial charge < -0.3 is 14.9 Å². The molecule has 0 aliphatic carbocycles. The van der Waals surface area contributed by atoms with Crippen LogP contribution in [0.3, 0.4) is 0 Å². The number of likely N-dealkylation sites (N-methyl/N-ethyl adjacent to an activating group) is 1. The van der Waals surface area contributed by atoms with Crippen molar-refractivity contribution in [2.75, 3.05) is 26.8 Å². The molecule has 2 unspecified atom stereocenters. The van der Waals surface area contributed by atoms with Gasteiger partial charge in [0.1, 0.15) is 6.67 Å². The molecule has 1 aliphatic heterocycles. The smallest absolute Gasteiger partial charge is 0.320 e. The highest BCUT2D eigenvalue weighted by molar-refractivity contribution is 5.76. The van der Waals surface area contributed by atoms with E-state index < -0.39 is 12.8 Å². The minimum atomic E-state index is -1.05. The molecule has 13 heavy (non-hydrogen) atoms. The monoisotopic (exact) mass is 190 g/mol. The van der Waals surface area contributed by atoms with Crippen LogP contribution in [0.15, 0.2) is 0 Å². The van der Waals surface area contributed by atoms with Crippen LogP contribution in [0.5, 0.6) is 0 Å². The van der Waals surface area contributed by atoms with Crippen LogP contribution in [0.2, 0.25) is 0 Å². The fraction of sp³-hybridized carbons (Fsp3) is 0.875. The molecule has 76 valence electrons. The van der Waals surface area contributed by atoms with Crippen LogP contribution in [0.25, 0.3) is 0 Å². The Morgan fingerprint density at radius 2 is 2.38 bits per heavy atom. The Bertz CT molecular complexity index is 201. The Hall–Kier alpha value is -0.840. The molecule has 2 amide bonds. The first-order chi connectivity index (χ1) is 6.06. The number of amides is 2. The number of rotatable bonds is 3. The summed E-state index contributed by atoms with van der Waals surface area (Å²) >= 11 is 0. The lowest BCUT2D eigenvalue weighted by Gasteiger charge is -2.17. The van der Waals surface area contributed by atoms with Crippen molar-refractivity contribution in [2.24, 2.45) is 0 Å². The van der Waals surface area contributed by atoms with Gasteiger partial charge in [0, 0.05) is 19.6 Å². The summed E-state index contributed by atoms with van der Waals surface area (Å²) in [5.41, 5.74) is 0. The Labute approximate surface area is 76.9 Å². The molecule has 0 aromatic heterocycles.